The summed E-state index contributed by atoms with van der Waals surface area (Å²) in [5, 5.41) is 9.10. The first-order valence-corrected chi connectivity index (χ1v) is 11.3. The van der Waals surface area contributed by atoms with E-state index in [9.17, 15) is 0 Å². The molecule has 0 bridgehead atoms. The van der Waals surface area contributed by atoms with Gasteiger partial charge in [-0.1, -0.05) is 54.9 Å². The number of nitrogens with zero attached hydrogens (tertiary/aromatic N) is 3. The van der Waals surface area contributed by atoms with Gasteiger partial charge in [0.05, 0.1) is 11.6 Å². The summed E-state index contributed by atoms with van der Waals surface area (Å²) in [6, 6.07) is 15.8. The highest BCUT2D eigenvalue weighted by Gasteiger charge is 2.33. The van der Waals surface area contributed by atoms with Gasteiger partial charge in [-0.15, -0.1) is 0 Å². The minimum Gasteiger partial charge on any atom is -0.351 e. The summed E-state index contributed by atoms with van der Waals surface area (Å²) in [7, 11) is 0. The molecular formula is C24H25ClN4OS. The molecule has 31 heavy (non-hydrogen) atoms. The molecule has 0 spiro atoms. The first-order chi connectivity index (χ1) is 15.0. The second-order valence-electron chi connectivity index (χ2n) is 7.56. The average Bonchev–Trinajstić information content (AvgIpc) is 3.26. The van der Waals surface area contributed by atoms with Gasteiger partial charge in [0.15, 0.2) is 5.11 Å². The fourth-order valence-corrected chi connectivity index (χ4v) is 4.27. The van der Waals surface area contributed by atoms with Crippen molar-refractivity contribution in [2.75, 3.05) is 6.54 Å². The minimum absolute atomic E-state index is 0.162. The summed E-state index contributed by atoms with van der Waals surface area (Å²) >= 11 is 11.7. The second-order valence-corrected chi connectivity index (χ2v) is 8.38. The number of hydrogen-bond donors (Lipinski definition) is 1. The third kappa shape index (κ3) is 4.36. The van der Waals surface area contributed by atoms with Crippen LogP contribution in [0.25, 0.3) is 17.0 Å². The van der Waals surface area contributed by atoms with Crippen molar-refractivity contribution in [1.29, 1.82) is 0 Å². The third-order valence-corrected chi connectivity index (χ3v) is 6.11. The number of benzene rings is 2. The molecule has 0 amide bonds. The van der Waals surface area contributed by atoms with E-state index in [-0.39, 0.29) is 6.04 Å². The smallest absolute Gasteiger partial charge is 0.258 e. The zero-order chi connectivity index (χ0) is 22.0. The largest absolute Gasteiger partial charge is 0.351 e. The van der Waals surface area contributed by atoms with E-state index in [0.717, 1.165) is 41.8 Å². The Kier molecular flexibility index (Phi) is 6.39. The van der Waals surface area contributed by atoms with E-state index < -0.39 is 0 Å². The van der Waals surface area contributed by atoms with Crippen LogP contribution in [-0.2, 0) is 6.42 Å². The summed E-state index contributed by atoms with van der Waals surface area (Å²) in [5.74, 6) is 1.02. The van der Waals surface area contributed by atoms with Crippen molar-refractivity contribution in [3.63, 3.8) is 0 Å². The van der Waals surface area contributed by atoms with Crippen LogP contribution in [0.15, 0.2) is 58.8 Å². The number of nitrogens with one attached hydrogen (secondary N) is 1. The van der Waals surface area contributed by atoms with E-state index in [1.165, 1.54) is 5.56 Å². The highest BCUT2D eigenvalue weighted by molar-refractivity contribution is 7.80. The Morgan fingerprint density at radius 3 is 2.45 bits per heavy atom. The number of hydrogen-bond acceptors (Lipinski definition) is 4. The van der Waals surface area contributed by atoms with Crippen LogP contribution in [0.3, 0.4) is 0 Å². The van der Waals surface area contributed by atoms with Gasteiger partial charge < -0.3 is 14.7 Å². The maximum absolute atomic E-state index is 6.02. The quantitative estimate of drug-likeness (QED) is 0.461. The van der Waals surface area contributed by atoms with E-state index in [1.54, 1.807) is 0 Å². The lowest BCUT2D eigenvalue weighted by Gasteiger charge is -2.37. The monoisotopic (exact) mass is 452 g/mol. The molecule has 0 saturated heterocycles. The number of allylic oxidation sites excluding steroid dienone is 1. The maximum Gasteiger partial charge on any atom is 0.258 e. The summed E-state index contributed by atoms with van der Waals surface area (Å²) in [4.78, 5) is 6.83. The lowest BCUT2D eigenvalue weighted by Crippen LogP contribution is -2.46. The van der Waals surface area contributed by atoms with Crippen LogP contribution in [0.1, 0.15) is 50.3 Å². The molecule has 1 aliphatic heterocycles. The molecule has 0 fully saturated rings. The standard InChI is InChI=1S/C24H25ClN4OS/c1-4-14-29-15(3)20(21(26-24(29)31)17-8-6-16(5-2)7-9-17)23-27-22(28-30-23)18-10-12-19(25)13-11-18/h6-13,21H,4-5,14H2,1-3H3,(H,26,31). The van der Waals surface area contributed by atoms with E-state index >= 15 is 0 Å². The van der Waals surface area contributed by atoms with Crippen LogP contribution in [0.4, 0.5) is 0 Å². The summed E-state index contributed by atoms with van der Waals surface area (Å²) < 4.78 is 5.76. The predicted molar refractivity (Wildman–Crippen MR) is 129 cm³/mol. The Morgan fingerprint density at radius 2 is 1.81 bits per heavy atom. The lowest BCUT2D eigenvalue weighted by atomic mass is 9.94. The van der Waals surface area contributed by atoms with E-state index in [0.29, 0.717) is 21.9 Å². The van der Waals surface area contributed by atoms with Gasteiger partial charge >= 0.3 is 0 Å². The molecule has 0 saturated carbocycles. The third-order valence-electron chi connectivity index (χ3n) is 5.52. The van der Waals surface area contributed by atoms with Crippen LogP contribution in [-0.4, -0.2) is 26.7 Å². The van der Waals surface area contributed by atoms with Gasteiger partial charge in [0.2, 0.25) is 5.82 Å². The molecule has 7 heteroatoms. The molecule has 4 rings (SSSR count). The molecule has 0 radical (unpaired) electrons. The highest BCUT2D eigenvalue weighted by Crippen LogP contribution is 2.37. The van der Waals surface area contributed by atoms with Crippen molar-refractivity contribution in [2.24, 2.45) is 0 Å². The fraction of sp³-hybridized carbons (Fsp3) is 0.292. The Hall–Kier alpha value is -2.70. The summed E-state index contributed by atoms with van der Waals surface area (Å²) in [6.45, 7) is 7.17. The lowest BCUT2D eigenvalue weighted by molar-refractivity contribution is 0.396. The zero-order valence-corrected chi connectivity index (χ0v) is 19.4. The van der Waals surface area contributed by atoms with E-state index in [1.807, 2.05) is 24.3 Å². The number of thiocarbonyl (C=S) groups is 1. The average molecular weight is 453 g/mol. The zero-order valence-electron chi connectivity index (χ0n) is 17.9. The number of aryl methyl sites for hydroxylation is 1. The molecular weight excluding hydrogens is 428 g/mol. The van der Waals surface area contributed by atoms with Crippen LogP contribution < -0.4 is 5.32 Å². The van der Waals surface area contributed by atoms with Crippen molar-refractivity contribution < 1.29 is 4.52 Å². The number of rotatable bonds is 6. The Labute approximate surface area is 193 Å². The predicted octanol–water partition coefficient (Wildman–Crippen LogP) is 6.02. The normalized spacial score (nSPS) is 16.6. The van der Waals surface area contributed by atoms with Crippen molar-refractivity contribution in [3.05, 3.63) is 76.3 Å². The topological polar surface area (TPSA) is 54.2 Å². The van der Waals surface area contributed by atoms with Crippen LogP contribution in [0, 0.1) is 0 Å². The minimum atomic E-state index is -0.162. The molecule has 5 nitrogen and oxygen atoms in total. The van der Waals surface area contributed by atoms with Crippen molar-refractivity contribution in [3.8, 4) is 11.4 Å². The molecule has 1 N–H and O–H groups in total. The first-order valence-electron chi connectivity index (χ1n) is 10.5. The van der Waals surface area contributed by atoms with Gasteiger partial charge in [-0.2, -0.15) is 4.98 Å². The summed E-state index contributed by atoms with van der Waals surface area (Å²) in [5.41, 5.74) is 5.22. The number of halogens is 1. The van der Waals surface area contributed by atoms with Crippen molar-refractivity contribution in [1.82, 2.24) is 20.4 Å². The molecule has 1 atom stereocenters. The van der Waals surface area contributed by atoms with E-state index in [4.69, 9.17) is 33.3 Å². The van der Waals surface area contributed by atoms with Gasteiger partial charge in [-0.25, -0.2) is 0 Å². The van der Waals surface area contributed by atoms with Gasteiger partial charge in [0, 0.05) is 22.8 Å². The molecule has 1 aromatic heterocycles. The molecule has 3 aromatic rings. The van der Waals surface area contributed by atoms with Crippen LogP contribution in [0.5, 0.6) is 0 Å². The molecule has 2 heterocycles. The van der Waals surface area contributed by atoms with Gasteiger partial charge in [-0.3, -0.25) is 0 Å². The maximum atomic E-state index is 6.02. The van der Waals surface area contributed by atoms with Gasteiger partial charge in [-0.05, 0) is 67.4 Å². The van der Waals surface area contributed by atoms with Crippen molar-refractivity contribution in [2.45, 2.75) is 39.7 Å². The Morgan fingerprint density at radius 1 is 1.10 bits per heavy atom. The Bertz CT molecular complexity index is 1110. The van der Waals surface area contributed by atoms with E-state index in [2.05, 4.69) is 60.4 Å². The van der Waals surface area contributed by atoms with Crippen LogP contribution in [0.2, 0.25) is 5.02 Å². The number of aromatic nitrogens is 2. The molecule has 1 unspecified atom stereocenters. The van der Waals surface area contributed by atoms with Crippen molar-refractivity contribution >= 4 is 34.5 Å². The van der Waals surface area contributed by atoms with Gasteiger partial charge in [0.25, 0.3) is 5.89 Å². The summed E-state index contributed by atoms with van der Waals surface area (Å²) in [6.07, 6.45) is 1.97. The first kappa shape index (κ1) is 21.5. The highest BCUT2D eigenvalue weighted by atomic mass is 35.5. The Balaban J connectivity index is 1.79. The van der Waals surface area contributed by atoms with Gasteiger partial charge in [0.1, 0.15) is 0 Å². The van der Waals surface area contributed by atoms with Crippen LogP contribution >= 0.6 is 23.8 Å². The fourth-order valence-electron chi connectivity index (χ4n) is 3.80. The second kappa shape index (κ2) is 9.20. The molecule has 160 valence electrons. The molecule has 2 aromatic carbocycles. The molecule has 1 aliphatic rings. The molecule has 0 aliphatic carbocycles. The SMILES string of the molecule is CCCN1C(=S)NC(c2ccc(CC)cc2)C(c2nc(-c3ccc(Cl)cc3)no2)=C1C.